The molecule has 32 heavy (non-hydrogen) atoms. The molecule has 0 saturated heterocycles. The highest BCUT2D eigenvalue weighted by molar-refractivity contribution is 6.33. The van der Waals surface area contributed by atoms with Gasteiger partial charge in [-0.1, -0.05) is 25.4 Å². The van der Waals surface area contributed by atoms with E-state index in [0.717, 1.165) is 6.21 Å². The summed E-state index contributed by atoms with van der Waals surface area (Å²) in [7, 11) is 0. The molecule has 0 fully saturated rings. The molecule has 12 heteroatoms. The first-order valence-corrected chi connectivity index (χ1v) is 10.0. The Morgan fingerprint density at radius 1 is 1.38 bits per heavy atom. The summed E-state index contributed by atoms with van der Waals surface area (Å²) in [5, 5.41) is 17.7. The maximum Gasteiger partial charge on any atom is 0.282 e. The van der Waals surface area contributed by atoms with Crippen LogP contribution in [0.2, 0.25) is 5.02 Å². The highest BCUT2D eigenvalue weighted by Gasteiger charge is 2.43. The van der Waals surface area contributed by atoms with E-state index >= 15 is 0 Å². The van der Waals surface area contributed by atoms with Gasteiger partial charge in [-0.15, -0.1) is 0 Å². The molecule has 3 aromatic heterocycles. The molecule has 3 heterocycles. The van der Waals surface area contributed by atoms with E-state index in [2.05, 4.69) is 30.9 Å². The topological polar surface area (TPSA) is 120 Å². The van der Waals surface area contributed by atoms with Crippen LogP contribution in [-0.4, -0.2) is 37.9 Å². The normalized spacial score (nSPS) is 17.1. The van der Waals surface area contributed by atoms with Gasteiger partial charge in [-0.25, -0.2) is 23.3 Å². The molecule has 166 valence electrons. The number of hydrogen-bond donors (Lipinski definition) is 3. The first kappa shape index (κ1) is 21.8. The van der Waals surface area contributed by atoms with Crippen LogP contribution in [-0.2, 0) is 10.2 Å². The van der Waals surface area contributed by atoms with Gasteiger partial charge < -0.3 is 10.7 Å². The minimum Gasteiger partial charge on any atom is -0.324 e. The zero-order chi connectivity index (χ0) is 23.0. The third-order valence-electron chi connectivity index (χ3n) is 5.23. The largest absolute Gasteiger partial charge is 0.324 e. The average molecular weight is 461 g/mol. The van der Waals surface area contributed by atoms with Gasteiger partial charge >= 0.3 is 0 Å². The van der Waals surface area contributed by atoms with Crippen molar-refractivity contribution in [3.63, 3.8) is 0 Å². The molecule has 0 saturated carbocycles. The van der Waals surface area contributed by atoms with E-state index in [0.29, 0.717) is 29.0 Å². The lowest BCUT2D eigenvalue weighted by Gasteiger charge is -2.19. The van der Waals surface area contributed by atoms with E-state index in [1.807, 2.05) is 13.8 Å². The molecule has 3 aromatic rings. The lowest BCUT2D eigenvalue weighted by atomic mass is 9.88. The molecule has 1 unspecified atom stereocenters. The van der Waals surface area contributed by atoms with Gasteiger partial charge in [0, 0.05) is 29.5 Å². The fraction of sp³-hybridized carbons (Fsp3) is 0.300. The smallest absolute Gasteiger partial charge is 0.282 e. The number of nitrogens with zero attached hydrogens (tertiary/aromatic N) is 5. The van der Waals surface area contributed by atoms with E-state index in [1.165, 1.54) is 29.1 Å². The van der Waals surface area contributed by atoms with Crippen molar-refractivity contribution in [3.05, 3.63) is 46.5 Å². The number of carbonyl (C=O) groups is 1. The molecule has 1 amide bonds. The third-order valence-corrected chi connectivity index (χ3v) is 5.52. The molecule has 0 bridgehead atoms. The summed E-state index contributed by atoms with van der Waals surface area (Å²) in [6.45, 7) is 3.88. The Morgan fingerprint density at radius 3 is 2.84 bits per heavy atom. The number of aromatic nitrogens is 4. The van der Waals surface area contributed by atoms with E-state index in [9.17, 15) is 13.6 Å². The van der Waals surface area contributed by atoms with Crippen LogP contribution in [0.15, 0.2) is 29.6 Å². The highest BCUT2D eigenvalue weighted by atomic mass is 35.5. The molecule has 4 rings (SSSR count). The van der Waals surface area contributed by atoms with E-state index in [1.54, 1.807) is 6.20 Å². The number of fused-ring (bicyclic) bond motifs is 3. The van der Waals surface area contributed by atoms with Gasteiger partial charge in [0.15, 0.2) is 11.5 Å². The van der Waals surface area contributed by atoms with E-state index in [-0.39, 0.29) is 22.4 Å². The maximum absolute atomic E-state index is 13.1. The van der Waals surface area contributed by atoms with Crippen LogP contribution >= 0.6 is 11.6 Å². The Bertz CT molecular complexity index is 1240. The monoisotopic (exact) mass is 460 g/mol. The Balaban J connectivity index is 1.61. The molecule has 1 atom stereocenters. The second kappa shape index (κ2) is 8.23. The predicted octanol–water partition coefficient (Wildman–Crippen LogP) is 4.17. The van der Waals surface area contributed by atoms with Crippen molar-refractivity contribution < 1.29 is 13.6 Å². The van der Waals surface area contributed by atoms with Crippen LogP contribution in [0.1, 0.15) is 49.6 Å². The molecular weight excluding hydrogens is 442 g/mol. The van der Waals surface area contributed by atoms with Gasteiger partial charge in [0.1, 0.15) is 5.69 Å². The number of hydrogen-bond acceptors (Lipinski definition) is 7. The summed E-state index contributed by atoms with van der Waals surface area (Å²) < 4.78 is 27.7. The van der Waals surface area contributed by atoms with E-state index in [4.69, 9.17) is 17.0 Å². The number of alkyl halides is 2. The van der Waals surface area contributed by atoms with Gasteiger partial charge in [-0.3, -0.25) is 10.2 Å². The minimum atomic E-state index is -2.71. The number of pyridine rings is 1. The summed E-state index contributed by atoms with van der Waals surface area (Å²) >= 11 is 6.18. The molecule has 3 N–H and O–H groups in total. The zero-order valence-corrected chi connectivity index (χ0v) is 17.9. The van der Waals surface area contributed by atoms with Gasteiger partial charge in [-0.2, -0.15) is 10.2 Å². The fourth-order valence-corrected chi connectivity index (χ4v) is 4.12. The predicted molar refractivity (Wildman–Crippen MR) is 117 cm³/mol. The highest BCUT2D eigenvalue weighted by Crippen LogP contribution is 2.46. The molecule has 1 aliphatic carbocycles. The molecular formula is C20H19ClF2N8O. The SMILES string of the molecule is CC1(C)CC(C(=O)Nc2cnc(N/N=C\C=N)c(Cl)c2)c2cnc3cc(C(F)F)nn3c21. The molecule has 0 aromatic carbocycles. The molecule has 9 nitrogen and oxygen atoms in total. The van der Waals surface area contributed by atoms with E-state index < -0.39 is 17.8 Å². The molecule has 0 spiro atoms. The third kappa shape index (κ3) is 3.91. The lowest BCUT2D eigenvalue weighted by molar-refractivity contribution is -0.117. The van der Waals surface area contributed by atoms with Crippen LogP contribution < -0.4 is 10.7 Å². The van der Waals surface area contributed by atoms with Crippen molar-refractivity contribution in [2.75, 3.05) is 10.7 Å². The van der Waals surface area contributed by atoms with Crippen LogP contribution in [0.3, 0.4) is 0 Å². The first-order valence-electron chi connectivity index (χ1n) is 9.63. The van der Waals surface area contributed by atoms with Gasteiger partial charge in [0.2, 0.25) is 5.91 Å². The Kier molecular flexibility index (Phi) is 5.59. The summed E-state index contributed by atoms with van der Waals surface area (Å²) in [6, 6.07) is 2.78. The second-order valence-electron chi connectivity index (χ2n) is 7.94. The first-order chi connectivity index (χ1) is 15.2. The summed E-state index contributed by atoms with van der Waals surface area (Å²) in [5.74, 6) is -0.570. The number of nitrogens with one attached hydrogen (secondary N) is 3. The maximum atomic E-state index is 13.1. The van der Waals surface area contributed by atoms with Crippen LogP contribution in [0.25, 0.3) is 5.65 Å². The van der Waals surface area contributed by atoms with Crippen molar-refractivity contribution in [2.45, 2.75) is 38.0 Å². The second-order valence-corrected chi connectivity index (χ2v) is 8.35. The average Bonchev–Trinajstić information content (AvgIpc) is 3.28. The minimum absolute atomic E-state index is 0.233. The standard InChI is InChI=1S/C20H19ClF2N8O/c1-20(2)7-11(12-9-25-15-6-14(17(22)23)30-31(15)16(12)20)19(32)28-10-5-13(21)18(26-8-10)29-27-4-3-24/h3-6,8-9,11,17,24H,7H2,1-2H3,(H,26,29)(H,28,32)/b24-3?,27-4-. The number of anilines is 2. The number of amides is 1. The fourth-order valence-electron chi connectivity index (χ4n) is 3.91. The van der Waals surface area contributed by atoms with Crippen molar-refractivity contribution >= 4 is 47.1 Å². The van der Waals surface area contributed by atoms with Gasteiger partial charge in [0.05, 0.1) is 34.7 Å². The van der Waals surface area contributed by atoms with Crippen LogP contribution in [0, 0.1) is 5.41 Å². The zero-order valence-electron chi connectivity index (χ0n) is 17.1. The van der Waals surface area contributed by atoms with Crippen molar-refractivity contribution in [3.8, 4) is 0 Å². The van der Waals surface area contributed by atoms with Crippen molar-refractivity contribution in [1.29, 1.82) is 5.41 Å². The molecule has 0 aliphatic heterocycles. The Labute approximate surface area is 186 Å². The van der Waals surface area contributed by atoms with Crippen LogP contribution in [0.5, 0.6) is 0 Å². The molecule has 0 radical (unpaired) electrons. The lowest BCUT2D eigenvalue weighted by Crippen LogP contribution is -2.21. The van der Waals surface area contributed by atoms with Gasteiger partial charge in [0.25, 0.3) is 6.43 Å². The number of carbonyl (C=O) groups excluding carboxylic acids is 1. The molecule has 1 aliphatic rings. The Morgan fingerprint density at radius 2 is 2.16 bits per heavy atom. The van der Waals surface area contributed by atoms with Gasteiger partial charge in [-0.05, 0) is 12.5 Å². The number of halogens is 3. The van der Waals surface area contributed by atoms with Crippen molar-refractivity contribution in [1.82, 2.24) is 19.6 Å². The van der Waals surface area contributed by atoms with Crippen LogP contribution in [0.4, 0.5) is 20.3 Å². The summed E-state index contributed by atoms with van der Waals surface area (Å²) in [5.41, 5.74) is 3.79. The number of rotatable bonds is 6. The number of hydrazone groups is 1. The Hall–Kier alpha value is -3.47. The summed E-state index contributed by atoms with van der Waals surface area (Å²) in [6.07, 6.45) is 2.95. The quantitative estimate of drug-likeness (QED) is 0.376. The summed E-state index contributed by atoms with van der Waals surface area (Å²) in [4.78, 5) is 21.5. The van der Waals surface area contributed by atoms with Crippen molar-refractivity contribution in [2.24, 2.45) is 5.10 Å².